The summed E-state index contributed by atoms with van der Waals surface area (Å²) in [5, 5.41) is 8.21. The monoisotopic (exact) mass is 333 g/mol. The first-order chi connectivity index (χ1) is 9.63. The Kier molecular flexibility index (Phi) is 3.94. The van der Waals surface area contributed by atoms with Gasteiger partial charge in [-0.15, -0.1) is 0 Å². The van der Waals surface area contributed by atoms with Crippen molar-refractivity contribution in [1.29, 1.82) is 0 Å². The summed E-state index contributed by atoms with van der Waals surface area (Å²) in [6.07, 6.45) is 4.66. The maximum atomic E-state index is 4.73. The fourth-order valence-corrected chi connectivity index (χ4v) is 2.71. The van der Waals surface area contributed by atoms with E-state index in [0.717, 1.165) is 16.7 Å². The molecular formula is C16H20BrN3. The second-order valence-electron chi connectivity index (χ2n) is 5.77. The molecule has 0 atom stereocenters. The molecule has 3 nitrogen and oxygen atoms in total. The van der Waals surface area contributed by atoms with Gasteiger partial charge in [-0.1, -0.05) is 29.8 Å². The van der Waals surface area contributed by atoms with Crippen molar-refractivity contribution < 1.29 is 0 Å². The molecule has 0 bridgehead atoms. The normalized spacial score (nSPS) is 15.0. The fourth-order valence-electron chi connectivity index (χ4n) is 2.30. The summed E-state index contributed by atoms with van der Waals surface area (Å²) in [6, 6.07) is 9.00. The number of hydrogen-bond donors (Lipinski definition) is 1. The molecule has 1 saturated carbocycles. The minimum atomic E-state index is 0.474. The summed E-state index contributed by atoms with van der Waals surface area (Å²) < 4.78 is 3.12. The zero-order chi connectivity index (χ0) is 14.1. The van der Waals surface area contributed by atoms with Crippen LogP contribution in [0.25, 0.3) is 5.69 Å². The Morgan fingerprint density at radius 2 is 2.15 bits per heavy atom. The van der Waals surface area contributed by atoms with Crippen molar-refractivity contribution in [2.24, 2.45) is 0 Å². The van der Waals surface area contributed by atoms with E-state index < -0.39 is 0 Å². The molecule has 4 heteroatoms. The van der Waals surface area contributed by atoms with Crippen molar-refractivity contribution in [2.45, 2.75) is 45.2 Å². The van der Waals surface area contributed by atoms with Crippen LogP contribution in [-0.4, -0.2) is 15.8 Å². The second-order valence-corrected chi connectivity index (χ2v) is 6.68. The van der Waals surface area contributed by atoms with Crippen LogP contribution in [0.3, 0.4) is 0 Å². The minimum absolute atomic E-state index is 0.474. The number of benzene rings is 1. The average Bonchev–Trinajstić information content (AvgIpc) is 3.15. The highest BCUT2D eigenvalue weighted by Crippen LogP contribution is 2.39. The SMILES string of the molecule is CC(C)NCc1cc(Br)ccc1-n1ccc(C2CC2)n1. The summed E-state index contributed by atoms with van der Waals surface area (Å²) in [6.45, 7) is 5.18. The molecule has 0 aliphatic heterocycles. The number of rotatable bonds is 5. The molecule has 1 aliphatic carbocycles. The highest BCUT2D eigenvalue weighted by molar-refractivity contribution is 9.10. The van der Waals surface area contributed by atoms with E-state index in [1.54, 1.807) is 0 Å². The van der Waals surface area contributed by atoms with Gasteiger partial charge >= 0.3 is 0 Å². The van der Waals surface area contributed by atoms with Crippen LogP contribution in [0, 0.1) is 0 Å². The summed E-state index contributed by atoms with van der Waals surface area (Å²) in [7, 11) is 0. The van der Waals surface area contributed by atoms with E-state index in [4.69, 9.17) is 5.10 Å². The van der Waals surface area contributed by atoms with Gasteiger partial charge in [0.05, 0.1) is 11.4 Å². The van der Waals surface area contributed by atoms with E-state index in [9.17, 15) is 0 Å². The van der Waals surface area contributed by atoms with Gasteiger partial charge in [-0.25, -0.2) is 4.68 Å². The summed E-state index contributed by atoms with van der Waals surface area (Å²) in [5.74, 6) is 0.698. The molecule has 1 aliphatic rings. The van der Waals surface area contributed by atoms with Gasteiger partial charge in [0.1, 0.15) is 0 Å². The van der Waals surface area contributed by atoms with Gasteiger partial charge < -0.3 is 5.32 Å². The van der Waals surface area contributed by atoms with Crippen molar-refractivity contribution in [3.8, 4) is 5.69 Å². The van der Waals surface area contributed by atoms with Crippen LogP contribution in [0.4, 0.5) is 0 Å². The number of nitrogens with one attached hydrogen (secondary N) is 1. The Morgan fingerprint density at radius 3 is 2.85 bits per heavy atom. The van der Waals surface area contributed by atoms with Crippen LogP contribution in [-0.2, 0) is 6.54 Å². The molecule has 0 unspecified atom stereocenters. The Hall–Kier alpha value is -1.13. The van der Waals surface area contributed by atoms with Crippen molar-refractivity contribution in [1.82, 2.24) is 15.1 Å². The smallest absolute Gasteiger partial charge is 0.0691 e. The molecular weight excluding hydrogens is 314 g/mol. The highest BCUT2D eigenvalue weighted by atomic mass is 79.9. The van der Waals surface area contributed by atoms with E-state index in [0.29, 0.717) is 12.0 Å². The maximum absolute atomic E-state index is 4.73. The van der Waals surface area contributed by atoms with E-state index in [-0.39, 0.29) is 0 Å². The van der Waals surface area contributed by atoms with Gasteiger partial charge in [0.15, 0.2) is 0 Å². The topological polar surface area (TPSA) is 29.9 Å². The number of hydrogen-bond acceptors (Lipinski definition) is 2. The fraction of sp³-hybridized carbons (Fsp3) is 0.438. The molecule has 1 aromatic carbocycles. The van der Waals surface area contributed by atoms with Crippen LogP contribution in [0.5, 0.6) is 0 Å². The summed E-state index contributed by atoms with van der Waals surface area (Å²) >= 11 is 3.56. The zero-order valence-corrected chi connectivity index (χ0v) is 13.5. The van der Waals surface area contributed by atoms with Crippen molar-refractivity contribution in [3.05, 3.63) is 46.2 Å². The summed E-state index contributed by atoms with van der Waals surface area (Å²) in [5.41, 5.74) is 3.66. The molecule has 1 heterocycles. The van der Waals surface area contributed by atoms with Gasteiger partial charge in [0.2, 0.25) is 0 Å². The predicted molar refractivity (Wildman–Crippen MR) is 85.2 cm³/mol. The van der Waals surface area contributed by atoms with Crippen molar-refractivity contribution >= 4 is 15.9 Å². The minimum Gasteiger partial charge on any atom is -0.310 e. The third kappa shape index (κ3) is 3.13. The van der Waals surface area contributed by atoms with Crippen molar-refractivity contribution in [3.63, 3.8) is 0 Å². The lowest BCUT2D eigenvalue weighted by atomic mass is 10.1. The number of aromatic nitrogens is 2. The molecule has 2 aromatic rings. The van der Waals surface area contributed by atoms with E-state index in [1.165, 1.54) is 24.1 Å². The lowest BCUT2D eigenvalue weighted by molar-refractivity contribution is 0.586. The highest BCUT2D eigenvalue weighted by Gasteiger charge is 2.26. The molecule has 0 amide bonds. The lowest BCUT2D eigenvalue weighted by Crippen LogP contribution is -2.22. The number of halogens is 1. The zero-order valence-electron chi connectivity index (χ0n) is 11.9. The first-order valence-corrected chi connectivity index (χ1v) is 8.00. The summed E-state index contributed by atoms with van der Waals surface area (Å²) in [4.78, 5) is 0. The average molecular weight is 334 g/mol. The molecule has 1 fully saturated rings. The van der Waals surface area contributed by atoms with Crippen LogP contribution >= 0.6 is 15.9 Å². The van der Waals surface area contributed by atoms with Gasteiger partial charge in [0.25, 0.3) is 0 Å². The molecule has 106 valence electrons. The molecule has 0 radical (unpaired) electrons. The second kappa shape index (κ2) is 5.70. The first-order valence-electron chi connectivity index (χ1n) is 7.21. The molecule has 3 rings (SSSR count). The number of nitrogens with zero attached hydrogens (tertiary/aromatic N) is 2. The van der Waals surface area contributed by atoms with E-state index >= 15 is 0 Å². The first kappa shape index (κ1) is 13.8. The molecule has 1 aromatic heterocycles. The van der Waals surface area contributed by atoms with Crippen LogP contribution in [0.2, 0.25) is 0 Å². The Labute approximate surface area is 128 Å². The molecule has 0 saturated heterocycles. The predicted octanol–water partition coefficient (Wildman–Crippen LogP) is 4.01. The third-order valence-corrected chi connectivity index (χ3v) is 4.09. The molecule has 0 spiro atoms. The Morgan fingerprint density at radius 1 is 1.35 bits per heavy atom. The molecule has 1 N–H and O–H groups in total. The van der Waals surface area contributed by atoms with Gasteiger partial charge in [-0.3, -0.25) is 0 Å². The van der Waals surface area contributed by atoms with Crippen molar-refractivity contribution in [2.75, 3.05) is 0 Å². The third-order valence-electron chi connectivity index (χ3n) is 3.59. The Bertz CT molecular complexity index is 600. The van der Waals surface area contributed by atoms with Gasteiger partial charge in [-0.2, -0.15) is 5.10 Å². The Balaban J connectivity index is 1.89. The standard InChI is InChI=1S/C16H20BrN3/c1-11(2)18-10-13-9-14(17)5-6-16(13)20-8-7-15(19-20)12-3-4-12/h5-9,11-12,18H,3-4,10H2,1-2H3. The van der Waals surface area contributed by atoms with Crippen LogP contribution in [0.15, 0.2) is 34.9 Å². The largest absolute Gasteiger partial charge is 0.310 e. The lowest BCUT2D eigenvalue weighted by Gasteiger charge is -2.13. The van der Waals surface area contributed by atoms with Crippen LogP contribution in [0.1, 0.15) is 43.9 Å². The quantitative estimate of drug-likeness (QED) is 0.895. The van der Waals surface area contributed by atoms with E-state index in [1.807, 2.05) is 4.68 Å². The van der Waals surface area contributed by atoms with Gasteiger partial charge in [0, 0.05) is 29.2 Å². The van der Waals surface area contributed by atoms with E-state index in [2.05, 4.69) is 65.6 Å². The molecule has 20 heavy (non-hydrogen) atoms. The van der Waals surface area contributed by atoms with Crippen LogP contribution < -0.4 is 5.32 Å². The van der Waals surface area contributed by atoms with Gasteiger partial charge in [-0.05, 0) is 42.7 Å². The maximum Gasteiger partial charge on any atom is 0.0691 e.